The van der Waals surface area contributed by atoms with Crippen LogP contribution in [0.25, 0.3) is 28.1 Å². The van der Waals surface area contributed by atoms with Crippen molar-refractivity contribution in [3.05, 3.63) is 48.7 Å². The fourth-order valence-electron chi connectivity index (χ4n) is 3.70. The first kappa shape index (κ1) is 18.1. The van der Waals surface area contributed by atoms with Crippen LogP contribution in [0.3, 0.4) is 0 Å². The van der Waals surface area contributed by atoms with Gasteiger partial charge in [0.05, 0.1) is 12.8 Å². The molecule has 0 bridgehead atoms. The largest absolute Gasteiger partial charge is 0.477 e. The molecule has 0 aliphatic carbocycles. The summed E-state index contributed by atoms with van der Waals surface area (Å²) >= 11 is 0. The Kier molecular flexibility index (Phi) is 4.91. The Morgan fingerprint density at radius 2 is 1.93 bits per heavy atom. The van der Waals surface area contributed by atoms with E-state index in [1.807, 2.05) is 48.7 Å². The monoisotopic (exact) mass is 391 g/mol. The third-order valence-electron chi connectivity index (χ3n) is 5.44. The molecule has 7 heteroatoms. The average Bonchev–Trinajstić information content (AvgIpc) is 3.36. The molecule has 1 aromatic carbocycles. The van der Waals surface area contributed by atoms with Crippen molar-refractivity contribution in [2.24, 2.45) is 0 Å². The molecule has 1 fully saturated rings. The molecule has 3 aromatic heterocycles. The maximum absolute atomic E-state index is 5.92. The van der Waals surface area contributed by atoms with Crippen molar-refractivity contribution in [1.29, 1.82) is 0 Å². The van der Waals surface area contributed by atoms with Crippen LogP contribution >= 0.6 is 0 Å². The number of likely N-dealkylation sites (N-methyl/N-ethyl adjacent to an activating group) is 1. The lowest BCUT2D eigenvalue weighted by atomic mass is 10.2. The van der Waals surface area contributed by atoms with Crippen molar-refractivity contribution < 1.29 is 9.15 Å². The summed E-state index contributed by atoms with van der Waals surface area (Å²) in [5, 5.41) is 5.61. The normalized spacial score (nSPS) is 16.0. The summed E-state index contributed by atoms with van der Waals surface area (Å²) in [6, 6.07) is 13.8. The Labute approximate surface area is 169 Å². The minimum absolute atomic E-state index is 0.615. The molecule has 0 unspecified atom stereocenters. The highest BCUT2D eigenvalue weighted by Gasteiger charge is 2.13. The molecule has 4 aromatic rings. The number of imidazole rings is 1. The molecule has 1 aliphatic heterocycles. The van der Waals surface area contributed by atoms with Gasteiger partial charge in [-0.2, -0.15) is 0 Å². The van der Waals surface area contributed by atoms with Gasteiger partial charge in [-0.3, -0.25) is 0 Å². The maximum Gasteiger partial charge on any atom is 0.231 e. The van der Waals surface area contributed by atoms with E-state index in [1.54, 1.807) is 4.52 Å². The van der Waals surface area contributed by atoms with E-state index >= 15 is 0 Å². The van der Waals surface area contributed by atoms with Crippen molar-refractivity contribution in [2.45, 2.75) is 6.42 Å². The minimum Gasteiger partial charge on any atom is -0.477 e. The van der Waals surface area contributed by atoms with Gasteiger partial charge in [0.2, 0.25) is 5.88 Å². The number of furan rings is 1. The molecule has 29 heavy (non-hydrogen) atoms. The fraction of sp³-hybridized carbons (Fsp3) is 0.364. The molecule has 0 saturated carbocycles. The lowest BCUT2D eigenvalue weighted by Gasteiger charge is -2.32. The Bertz CT molecular complexity index is 1080. The minimum atomic E-state index is 0.615. The second-order valence-electron chi connectivity index (χ2n) is 7.60. The van der Waals surface area contributed by atoms with E-state index in [1.165, 1.54) is 0 Å². The number of nitrogens with zero attached hydrogens (tertiary/aromatic N) is 5. The van der Waals surface area contributed by atoms with Gasteiger partial charge in [-0.15, -0.1) is 5.10 Å². The molecule has 4 heterocycles. The van der Waals surface area contributed by atoms with Gasteiger partial charge in [0.25, 0.3) is 0 Å². The summed E-state index contributed by atoms with van der Waals surface area (Å²) in [5.74, 6) is 1.36. The van der Waals surface area contributed by atoms with Crippen LogP contribution in [0.15, 0.2) is 53.1 Å². The van der Waals surface area contributed by atoms with Gasteiger partial charge >= 0.3 is 0 Å². The molecule has 1 aliphatic rings. The van der Waals surface area contributed by atoms with Crippen LogP contribution in [-0.4, -0.2) is 70.8 Å². The number of aromatic nitrogens is 3. The van der Waals surface area contributed by atoms with E-state index in [0.717, 1.165) is 67.2 Å². The highest BCUT2D eigenvalue weighted by molar-refractivity contribution is 5.82. The Morgan fingerprint density at radius 1 is 1.07 bits per heavy atom. The number of piperazine rings is 1. The van der Waals surface area contributed by atoms with Crippen molar-refractivity contribution in [2.75, 3.05) is 46.4 Å². The van der Waals surface area contributed by atoms with Gasteiger partial charge in [-0.25, -0.2) is 9.50 Å². The first-order valence-electron chi connectivity index (χ1n) is 10.1. The zero-order chi connectivity index (χ0) is 19.6. The van der Waals surface area contributed by atoms with Crippen LogP contribution in [-0.2, 0) is 0 Å². The van der Waals surface area contributed by atoms with Gasteiger partial charge in [-0.1, -0.05) is 18.2 Å². The zero-order valence-electron chi connectivity index (χ0n) is 16.6. The Hall–Kier alpha value is -2.90. The highest BCUT2D eigenvalue weighted by atomic mass is 16.5. The topological polar surface area (TPSA) is 59.0 Å². The third-order valence-corrected chi connectivity index (χ3v) is 5.44. The Balaban J connectivity index is 1.22. The van der Waals surface area contributed by atoms with Crippen molar-refractivity contribution >= 4 is 16.6 Å². The van der Waals surface area contributed by atoms with Crippen LogP contribution in [0.1, 0.15) is 6.42 Å². The quantitative estimate of drug-likeness (QED) is 0.471. The molecule has 0 N–H and O–H groups in total. The number of hydrogen-bond acceptors (Lipinski definition) is 6. The van der Waals surface area contributed by atoms with Crippen molar-refractivity contribution in [3.8, 4) is 17.3 Å². The van der Waals surface area contributed by atoms with Gasteiger partial charge in [-0.05, 0) is 31.7 Å². The molecule has 0 radical (unpaired) electrons. The molecule has 150 valence electrons. The van der Waals surface area contributed by atoms with Crippen LogP contribution in [0.2, 0.25) is 0 Å². The first-order chi connectivity index (χ1) is 14.2. The van der Waals surface area contributed by atoms with Gasteiger partial charge in [0, 0.05) is 44.2 Å². The summed E-state index contributed by atoms with van der Waals surface area (Å²) < 4.78 is 13.5. The van der Waals surface area contributed by atoms with Gasteiger partial charge in [0.15, 0.2) is 11.4 Å². The number of rotatable bonds is 6. The highest BCUT2D eigenvalue weighted by Crippen LogP contribution is 2.27. The van der Waals surface area contributed by atoms with E-state index in [9.17, 15) is 0 Å². The molecule has 0 atom stereocenters. The van der Waals surface area contributed by atoms with E-state index in [0.29, 0.717) is 12.5 Å². The van der Waals surface area contributed by atoms with E-state index < -0.39 is 0 Å². The maximum atomic E-state index is 5.92. The summed E-state index contributed by atoms with van der Waals surface area (Å²) in [4.78, 5) is 9.49. The van der Waals surface area contributed by atoms with Gasteiger partial charge < -0.3 is 19.0 Å². The second-order valence-corrected chi connectivity index (χ2v) is 7.60. The van der Waals surface area contributed by atoms with E-state index in [-0.39, 0.29) is 0 Å². The number of benzene rings is 1. The lowest BCUT2D eigenvalue weighted by Crippen LogP contribution is -2.44. The molecule has 7 nitrogen and oxygen atoms in total. The van der Waals surface area contributed by atoms with Gasteiger partial charge in [0.1, 0.15) is 11.3 Å². The van der Waals surface area contributed by atoms with E-state index in [2.05, 4.69) is 26.9 Å². The fourth-order valence-corrected chi connectivity index (χ4v) is 3.70. The number of fused-ring (bicyclic) bond motifs is 2. The molecule has 0 amide bonds. The summed E-state index contributed by atoms with van der Waals surface area (Å²) in [7, 11) is 2.18. The van der Waals surface area contributed by atoms with Crippen LogP contribution in [0.4, 0.5) is 0 Å². The molecule has 5 rings (SSSR count). The van der Waals surface area contributed by atoms with Crippen LogP contribution in [0, 0.1) is 0 Å². The van der Waals surface area contributed by atoms with Crippen molar-refractivity contribution in [1.82, 2.24) is 24.4 Å². The van der Waals surface area contributed by atoms with Crippen molar-refractivity contribution in [3.63, 3.8) is 0 Å². The number of ether oxygens (including phenoxy) is 1. The first-order valence-corrected chi connectivity index (χ1v) is 10.1. The molecular formula is C22H25N5O2. The molecule has 0 spiro atoms. The number of hydrogen-bond donors (Lipinski definition) is 0. The molecular weight excluding hydrogens is 366 g/mol. The Morgan fingerprint density at radius 3 is 2.79 bits per heavy atom. The SMILES string of the molecule is CN1CCN(CCCOc2ccc3nc(-c4cc5ccccc5o4)cn3n2)CC1. The van der Waals surface area contributed by atoms with Crippen LogP contribution in [0.5, 0.6) is 5.88 Å². The van der Waals surface area contributed by atoms with Crippen LogP contribution < -0.4 is 4.74 Å². The van der Waals surface area contributed by atoms with E-state index in [4.69, 9.17) is 9.15 Å². The predicted octanol–water partition coefficient (Wildman–Crippen LogP) is 3.16. The number of para-hydroxylation sites is 1. The third kappa shape index (κ3) is 3.97. The smallest absolute Gasteiger partial charge is 0.231 e. The molecule has 1 saturated heterocycles. The second kappa shape index (κ2) is 7.85. The summed E-state index contributed by atoms with van der Waals surface area (Å²) in [6.45, 7) is 6.30. The summed E-state index contributed by atoms with van der Waals surface area (Å²) in [6.07, 6.45) is 2.88. The summed E-state index contributed by atoms with van der Waals surface area (Å²) in [5.41, 5.74) is 2.39. The predicted molar refractivity (Wildman–Crippen MR) is 112 cm³/mol. The lowest BCUT2D eigenvalue weighted by molar-refractivity contribution is 0.145. The zero-order valence-corrected chi connectivity index (χ0v) is 16.6. The standard InChI is InChI=1S/C22H25N5O2/c1-25-10-12-26(13-11-25)9-4-14-28-22-8-7-21-23-18(16-27(21)24-22)20-15-17-5-2-3-6-19(17)29-20/h2-3,5-8,15-16H,4,9-14H2,1H3. The average molecular weight is 391 g/mol.